The van der Waals surface area contributed by atoms with Gasteiger partial charge in [-0.25, -0.2) is 0 Å². The van der Waals surface area contributed by atoms with Crippen LogP contribution in [0.3, 0.4) is 0 Å². The standard InChI is InChI=1S/C20H28N6O4S/c1-2-26-19(16-4-3-11-30-16)21-22-20(26)31-15-18(28)24-7-5-23(6-8-24)14-17(27)25-9-12-29-13-10-25/h3-4,11H,2,5-10,12-15H2,1H3. The molecule has 0 aromatic carbocycles. The van der Waals surface area contributed by atoms with Gasteiger partial charge in [0.1, 0.15) is 0 Å². The molecule has 11 heteroatoms. The van der Waals surface area contributed by atoms with Crippen molar-refractivity contribution >= 4 is 23.6 Å². The van der Waals surface area contributed by atoms with Gasteiger partial charge >= 0.3 is 0 Å². The van der Waals surface area contributed by atoms with E-state index in [1.54, 1.807) is 6.26 Å². The van der Waals surface area contributed by atoms with Gasteiger partial charge in [-0.05, 0) is 19.1 Å². The van der Waals surface area contributed by atoms with E-state index in [0.717, 1.165) is 0 Å². The van der Waals surface area contributed by atoms with Crippen LogP contribution in [0.4, 0.5) is 0 Å². The number of ether oxygens (including phenoxy) is 1. The summed E-state index contributed by atoms with van der Waals surface area (Å²) in [6.45, 7) is 8.35. The molecule has 0 bridgehead atoms. The summed E-state index contributed by atoms with van der Waals surface area (Å²) in [5.41, 5.74) is 0. The summed E-state index contributed by atoms with van der Waals surface area (Å²) < 4.78 is 12.7. The number of thioether (sulfide) groups is 1. The molecule has 0 radical (unpaired) electrons. The van der Waals surface area contributed by atoms with Crippen LogP contribution in [-0.4, -0.2) is 106 Å². The Balaban J connectivity index is 1.24. The van der Waals surface area contributed by atoms with Crippen molar-refractivity contribution in [2.24, 2.45) is 0 Å². The van der Waals surface area contributed by atoms with E-state index in [-0.39, 0.29) is 11.8 Å². The predicted molar refractivity (Wildman–Crippen MR) is 115 cm³/mol. The van der Waals surface area contributed by atoms with Gasteiger partial charge in [0.25, 0.3) is 0 Å². The minimum absolute atomic E-state index is 0.0781. The van der Waals surface area contributed by atoms with E-state index in [1.165, 1.54) is 11.8 Å². The van der Waals surface area contributed by atoms with E-state index in [9.17, 15) is 9.59 Å². The first-order valence-electron chi connectivity index (χ1n) is 10.6. The van der Waals surface area contributed by atoms with Gasteiger partial charge in [-0.1, -0.05) is 11.8 Å². The first-order valence-corrected chi connectivity index (χ1v) is 11.6. The van der Waals surface area contributed by atoms with Crippen molar-refractivity contribution in [2.45, 2.75) is 18.6 Å². The minimum Gasteiger partial charge on any atom is -0.461 e. The number of aromatic nitrogens is 3. The molecule has 31 heavy (non-hydrogen) atoms. The Bertz CT molecular complexity index is 872. The van der Waals surface area contributed by atoms with Crippen LogP contribution in [0, 0.1) is 0 Å². The summed E-state index contributed by atoms with van der Waals surface area (Å²) in [5.74, 6) is 1.86. The highest BCUT2D eigenvalue weighted by atomic mass is 32.2. The number of hydrogen-bond acceptors (Lipinski definition) is 8. The second kappa shape index (κ2) is 10.3. The highest BCUT2D eigenvalue weighted by Crippen LogP contribution is 2.24. The number of carbonyl (C=O) groups excluding carboxylic acids is 2. The van der Waals surface area contributed by atoms with Crippen molar-refractivity contribution in [2.75, 3.05) is 64.8 Å². The van der Waals surface area contributed by atoms with Crippen LogP contribution in [0.15, 0.2) is 28.0 Å². The lowest BCUT2D eigenvalue weighted by atomic mass is 10.3. The third-order valence-electron chi connectivity index (χ3n) is 5.55. The molecule has 0 saturated carbocycles. The Morgan fingerprint density at radius 3 is 2.45 bits per heavy atom. The lowest BCUT2D eigenvalue weighted by Crippen LogP contribution is -2.53. The normalized spacial score (nSPS) is 17.8. The van der Waals surface area contributed by atoms with Gasteiger partial charge in [0.05, 0.1) is 31.8 Å². The first kappa shape index (κ1) is 21.8. The fourth-order valence-electron chi connectivity index (χ4n) is 3.75. The molecule has 0 atom stereocenters. The van der Waals surface area contributed by atoms with E-state index < -0.39 is 0 Å². The quantitative estimate of drug-likeness (QED) is 0.570. The first-order chi connectivity index (χ1) is 15.2. The molecule has 2 aliphatic heterocycles. The number of nitrogens with zero attached hydrogens (tertiary/aromatic N) is 6. The van der Waals surface area contributed by atoms with Gasteiger partial charge < -0.3 is 19.0 Å². The third-order valence-corrected chi connectivity index (χ3v) is 6.50. The summed E-state index contributed by atoms with van der Waals surface area (Å²) in [7, 11) is 0. The van der Waals surface area contributed by atoms with Crippen LogP contribution in [0.1, 0.15) is 6.92 Å². The van der Waals surface area contributed by atoms with Crippen molar-refractivity contribution in [1.82, 2.24) is 29.5 Å². The Hall–Kier alpha value is -2.37. The molecule has 2 aromatic heterocycles. The van der Waals surface area contributed by atoms with E-state index in [1.807, 2.05) is 33.4 Å². The summed E-state index contributed by atoms with van der Waals surface area (Å²) in [4.78, 5) is 31.0. The Morgan fingerprint density at radius 1 is 1.03 bits per heavy atom. The molecule has 0 aliphatic carbocycles. The largest absolute Gasteiger partial charge is 0.461 e. The Kier molecular flexibility index (Phi) is 7.25. The van der Waals surface area contributed by atoms with Gasteiger partial charge in [-0.15, -0.1) is 10.2 Å². The van der Waals surface area contributed by atoms with Crippen LogP contribution in [0.2, 0.25) is 0 Å². The number of piperazine rings is 1. The average Bonchev–Trinajstić information content (AvgIpc) is 3.48. The zero-order valence-corrected chi connectivity index (χ0v) is 18.6. The number of carbonyl (C=O) groups is 2. The van der Waals surface area contributed by atoms with Gasteiger partial charge in [0, 0.05) is 45.8 Å². The molecule has 168 valence electrons. The molecule has 2 saturated heterocycles. The van der Waals surface area contributed by atoms with Crippen molar-refractivity contribution in [3.8, 4) is 11.6 Å². The zero-order chi connectivity index (χ0) is 21.6. The van der Waals surface area contributed by atoms with E-state index in [2.05, 4.69) is 15.1 Å². The van der Waals surface area contributed by atoms with Gasteiger partial charge in [0.2, 0.25) is 11.8 Å². The molecule has 2 fully saturated rings. The van der Waals surface area contributed by atoms with Crippen molar-refractivity contribution < 1.29 is 18.7 Å². The Labute approximate surface area is 185 Å². The maximum Gasteiger partial charge on any atom is 0.236 e. The number of hydrogen-bond donors (Lipinski definition) is 0. The molecule has 2 amide bonds. The Morgan fingerprint density at radius 2 is 1.77 bits per heavy atom. The van der Waals surface area contributed by atoms with E-state index in [4.69, 9.17) is 9.15 Å². The number of morpholine rings is 1. The zero-order valence-electron chi connectivity index (χ0n) is 17.7. The predicted octanol–water partition coefficient (Wildman–Crippen LogP) is 0.653. The van der Waals surface area contributed by atoms with Crippen LogP contribution in [0.5, 0.6) is 0 Å². The molecule has 0 N–H and O–H groups in total. The monoisotopic (exact) mass is 448 g/mol. The van der Waals surface area contributed by atoms with Gasteiger partial charge in [-0.2, -0.15) is 0 Å². The molecule has 4 heterocycles. The molecular weight excluding hydrogens is 420 g/mol. The second-order valence-electron chi connectivity index (χ2n) is 7.47. The second-order valence-corrected chi connectivity index (χ2v) is 8.41. The van der Waals surface area contributed by atoms with Crippen LogP contribution >= 0.6 is 11.8 Å². The molecule has 4 rings (SSSR count). The minimum atomic E-state index is 0.0781. The molecule has 2 aliphatic rings. The molecule has 0 spiro atoms. The maximum atomic E-state index is 12.7. The molecular formula is C20H28N6O4S. The van der Waals surface area contributed by atoms with Crippen molar-refractivity contribution in [1.29, 1.82) is 0 Å². The third kappa shape index (κ3) is 5.28. The van der Waals surface area contributed by atoms with Gasteiger partial charge in [0.15, 0.2) is 16.7 Å². The van der Waals surface area contributed by atoms with Crippen molar-refractivity contribution in [3.63, 3.8) is 0 Å². The summed E-state index contributed by atoms with van der Waals surface area (Å²) in [6.07, 6.45) is 1.61. The van der Waals surface area contributed by atoms with Crippen LogP contribution in [-0.2, 0) is 20.9 Å². The maximum absolute atomic E-state index is 12.7. The highest BCUT2D eigenvalue weighted by Gasteiger charge is 2.25. The lowest BCUT2D eigenvalue weighted by molar-refractivity contribution is -0.137. The van der Waals surface area contributed by atoms with Crippen LogP contribution in [0.25, 0.3) is 11.6 Å². The molecule has 2 aromatic rings. The van der Waals surface area contributed by atoms with E-state index in [0.29, 0.717) is 88.1 Å². The fraction of sp³-hybridized carbons (Fsp3) is 0.600. The van der Waals surface area contributed by atoms with Crippen LogP contribution < -0.4 is 0 Å². The summed E-state index contributed by atoms with van der Waals surface area (Å²) >= 11 is 1.39. The lowest BCUT2D eigenvalue weighted by Gasteiger charge is -2.36. The summed E-state index contributed by atoms with van der Waals surface area (Å²) in [5, 5.41) is 9.16. The van der Waals surface area contributed by atoms with Crippen molar-refractivity contribution in [3.05, 3.63) is 18.4 Å². The van der Waals surface area contributed by atoms with E-state index >= 15 is 0 Å². The SMILES string of the molecule is CCn1c(SCC(=O)N2CCN(CC(=O)N3CCOCC3)CC2)nnc1-c1ccco1. The molecule has 0 unspecified atom stereocenters. The highest BCUT2D eigenvalue weighted by molar-refractivity contribution is 7.99. The molecule has 10 nitrogen and oxygen atoms in total. The summed E-state index contributed by atoms with van der Waals surface area (Å²) in [6, 6.07) is 3.66. The average molecular weight is 449 g/mol. The topological polar surface area (TPSA) is 96.9 Å². The fourth-order valence-corrected chi connectivity index (χ4v) is 4.65. The van der Waals surface area contributed by atoms with Gasteiger partial charge in [-0.3, -0.25) is 19.1 Å². The number of rotatable bonds is 7. The number of furan rings is 1. The number of amides is 2. The smallest absolute Gasteiger partial charge is 0.236 e.